The van der Waals surface area contributed by atoms with E-state index in [4.69, 9.17) is 0 Å². The molecule has 3 nitrogen and oxygen atoms in total. The van der Waals surface area contributed by atoms with Crippen molar-refractivity contribution < 1.29 is 0 Å². The summed E-state index contributed by atoms with van der Waals surface area (Å²) in [6, 6.07) is 6.04. The summed E-state index contributed by atoms with van der Waals surface area (Å²) in [5.74, 6) is 0. The number of rotatable bonds is 8. The molecule has 0 fully saturated rings. The van der Waals surface area contributed by atoms with Crippen molar-refractivity contribution in [1.82, 2.24) is 9.88 Å². The van der Waals surface area contributed by atoms with Crippen molar-refractivity contribution in [2.45, 2.75) is 59.0 Å². The maximum atomic E-state index is 11.7. The quantitative estimate of drug-likeness (QED) is 0.720. The maximum Gasteiger partial charge on any atom is 0.250 e. The molecule has 1 unspecified atom stereocenters. The van der Waals surface area contributed by atoms with E-state index in [1.807, 2.05) is 23.6 Å². The van der Waals surface area contributed by atoms with E-state index in [0.29, 0.717) is 6.04 Å². The number of pyridine rings is 1. The van der Waals surface area contributed by atoms with E-state index in [2.05, 4.69) is 19.2 Å². The van der Waals surface area contributed by atoms with Gasteiger partial charge in [-0.1, -0.05) is 19.4 Å². The number of nitrogens with zero attached hydrogens (tertiary/aromatic N) is 1. The summed E-state index contributed by atoms with van der Waals surface area (Å²) in [4.78, 5) is 11.7. The minimum Gasteiger partial charge on any atom is -0.314 e. The Labute approximate surface area is 110 Å². The molecule has 1 heterocycles. The van der Waals surface area contributed by atoms with Crippen molar-refractivity contribution in [2.75, 3.05) is 6.54 Å². The molecule has 0 radical (unpaired) electrons. The Kier molecular flexibility index (Phi) is 6.73. The minimum absolute atomic E-state index is 0.118. The number of aromatic nitrogens is 1. The first-order valence-electron chi connectivity index (χ1n) is 7.05. The summed E-state index contributed by atoms with van der Waals surface area (Å²) >= 11 is 0. The van der Waals surface area contributed by atoms with Gasteiger partial charge in [0.25, 0.3) is 5.56 Å². The molecule has 102 valence electrons. The fourth-order valence-corrected chi connectivity index (χ4v) is 2.12. The number of unbranched alkanes of at least 4 members (excludes halogenated alkanes) is 1. The van der Waals surface area contributed by atoms with Gasteiger partial charge < -0.3 is 9.88 Å². The van der Waals surface area contributed by atoms with Crippen LogP contribution in [0.25, 0.3) is 0 Å². The topological polar surface area (TPSA) is 34.0 Å². The maximum absolute atomic E-state index is 11.7. The van der Waals surface area contributed by atoms with Gasteiger partial charge in [-0.2, -0.15) is 0 Å². The average Bonchev–Trinajstić information content (AvgIpc) is 2.35. The van der Waals surface area contributed by atoms with E-state index in [9.17, 15) is 4.79 Å². The van der Waals surface area contributed by atoms with E-state index in [1.54, 1.807) is 6.07 Å². The van der Waals surface area contributed by atoms with Crippen LogP contribution in [0.2, 0.25) is 0 Å². The highest BCUT2D eigenvalue weighted by Crippen LogP contribution is 2.03. The lowest BCUT2D eigenvalue weighted by Crippen LogP contribution is -2.26. The molecule has 1 rings (SSSR count). The molecule has 1 atom stereocenters. The SMILES string of the molecule is CCCNC(C)CCCCn1c(C)cccc1=O. The Morgan fingerprint density at radius 3 is 2.78 bits per heavy atom. The molecule has 1 aromatic rings. The van der Waals surface area contributed by atoms with Crippen molar-refractivity contribution >= 4 is 0 Å². The predicted octanol–water partition coefficient (Wildman–Crippen LogP) is 2.72. The number of hydrogen-bond acceptors (Lipinski definition) is 2. The van der Waals surface area contributed by atoms with Crippen LogP contribution in [0.15, 0.2) is 23.0 Å². The zero-order valence-corrected chi connectivity index (χ0v) is 11.9. The first-order valence-corrected chi connectivity index (χ1v) is 7.05. The van der Waals surface area contributed by atoms with Crippen molar-refractivity contribution in [2.24, 2.45) is 0 Å². The van der Waals surface area contributed by atoms with Gasteiger partial charge >= 0.3 is 0 Å². The van der Waals surface area contributed by atoms with Crippen LogP contribution in [-0.4, -0.2) is 17.2 Å². The van der Waals surface area contributed by atoms with Gasteiger partial charge in [0.1, 0.15) is 0 Å². The second kappa shape index (κ2) is 8.09. The van der Waals surface area contributed by atoms with Crippen LogP contribution in [-0.2, 0) is 6.54 Å². The molecule has 0 aromatic carbocycles. The minimum atomic E-state index is 0.118. The lowest BCUT2D eigenvalue weighted by molar-refractivity contribution is 0.471. The monoisotopic (exact) mass is 250 g/mol. The van der Waals surface area contributed by atoms with Crippen LogP contribution < -0.4 is 10.9 Å². The third kappa shape index (κ3) is 5.05. The van der Waals surface area contributed by atoms with Crippen molar-refractivity contribution in [3.8, 4) is 0 Å². The van der Waals surface area contributed by atoms with Gasteiger partial charge in [-0.3, -0.25) is 4.79 Å². The van der Waals surface area contributed by atoms with Crippen LogP contribution in [0.3, 0.4) is 0 Å². The van der Waals surface area contributed by atoms with Crippen LogP contribution in [0.1, 0.15) is 45.2 Å². The van der Waals surface area contributed by atoms with Gasteiger partial charge in [-0.15, -0.1) is 0 Å². The molecule has 1 aromatic heterocycles. The van der Waals surface area contributed by atoms with Crippen molar-refractivity contribution in [3.63, 3.8) is 0 Å². The molecule has 1 N–H and O–H groups in total. The fraction of sp³-hybridized carbons (Fsp3) is 0.667. The highest BCUT2D eigenvalue weighted by molar-refractivity contribution is 5.04. The Balaban J connectivity index is 2.28. The summed E-state index contributed by atoms with van der Waals surface area (Å²) < 4.78 is 1.87. The number of aryl methyl sites for hydroxylation is 1. The van der Waals surface area contributed by atoms with E-state index in [0.717, 1.165) is 25.2 Å². The Morgan fingerprint density at radius 2 is 2.11 bits per heavy atom. The number of nitrogens with one attached hydrogen (secondary N) is 1. The van der Waals surface area contributed by atoms with E-state index in [-0.39, 0.29) is 5.56 Å². The molecule has 0 saturated heterocycles. The third-order valence-electron chi connectivity index (χ3n) is 3.28. The molecule has 0 aliphatic heterocycles. The van der Waals surface area contributed by atoms with Gasteiger partial charge in [0.15, 0.2) is 0 Å². The molecular formula is C15H26N2O. The third-order valence-corrected chi connectivity index (χ3v) is 3.28. The van der Waals surface area contributed by atoms with Gasteiger partial charge in [-0.05, 0) is 45.7 Å². The zero-order chi connectivity index (χ0) is 13.4. The molecule has 0 bridgehead atoms. The van der Waals surface area contributed by atoms with Crippen LogP contribution in [0.4, 0.5) is 0 Å². The molecule has 0 aliphatic rings. The van der Waals surface area contributed by atoms with Gasteiger partial charge in [0.2, 0.25) is 0 Å². The van der Waals surface area contributed by atoms with E-state index >= 15 is 0 Å². The molecule has 3 heteroatoms. The average molecular weight is 250 g/mol. The molecule has 0 saturated carbocycles. The highest BCUT2D eigenvalue weighted by Gasteiger charge is 2.02. The van der Waals surface area contributed by atoms with Crippen molar-refractivity contribution in [3.05, 3.63) is 34.2 Å². The normalized spacial score (nSPS) is 12.6. The fourth-order valence-electron chi connectivity index (χ4n) is 2.12. The first kappa shape index (κ1) is 15.0. The number of hydrogen-bond donors (Lipinski definition) is 1. The van der Waals surface area contributed by atoms with Gasteiger partial charge in [-0.25, -0.2) is 0 Å². The molecule has 18 heavy (non-hydrogen) atoms. The van der Waals surface area contributed by atoms with Crippen LogP contribution in [0, 0.1) is 6.92 Å². The molecule has 0 aliphatic carbocycles. The first-order chi connectivity index (χ1) is 8.65. The highest BCUT2D eigenvalue weighted by atomic mass is 16.1. The Hall–Kier alpha value is -1.09. The van der Waals surface area contributed by atoms with Gasteiger partial charge in [0.05, 0.1) is 0 Å². The smallest absolute Gasteiger partial charge is 0.250 e. The summed E-state index contributed by atoms with van der Waals surface area (Å²) in [7, 11) is 0. The summed E-state index contributed by atoms with van der Waals surface area (Å²) in [6.07, 6.45) is 4.60. The summed E-state index contributed by atoms with van der Waals surface area (Å²) in [5, 5.41) is 3.49. The summed E-state index contributed by atoms with van der Waals surface area (Å²) in [5.41, 5.74) is 1.17. The zero-order valence-electron chi connectivity index (χ0n) is 11.9. The molecular weight excluding hydrogens is 224 g/mol. The lowest BCUT2D eigenvalue weighted by Gasteiger charge is -2.13. The van der Waals surface area contributed by atoms with E-state index < -0.39 is 0 Å². The van der Waals surface area contributed by atoms with Crippen molar-refractivity contribution in [1.29, 1.82) is 0 Å². The largest absolute Gasteiger partial charge is 0.314 e. The second-order valence-corrected chi connectivity index (χ2v) is 5.01. The van der Waals surface area contributed by atoms with Crippen LogP contribution >= 0.6 is 0 Å². The summed E-state index contributed by atoms with van der Waals surface area (Å²) in [6.45, 7) is 8.34. The second-order valence-electron chi connectivity index (χ2n) is 5.01. The van der Waals surface area contributed by atoms with Crippen LogP contribution in [0.5, 0.6) is 0 Å². The Morgan fingerprint density at radius 1 is 1.33 bits per heavy atom. The Bertz CT molecular complexity index is 398. The predicted molar refractivity (Wildman–Crippen MR) is 77.0 cm³/mol. The van der Waals surface area contributed by atoms with E-state index in [1.165, 1.54) is 19.3 Å². The lowest BCUT2D eigenvalue weighted by atomic mass is 10.1. The van der Waals surface area contributed by atoms with Gasteiger partial charge in [0, 0.05) is 24.3 Å². The molecule has 0 spiro atoms. The standard InChI is InChI=1S/C15H26N2O/c1-4-11-16-13(2)8-5-6-12-17-14(3)9-7-10-15(17)18/h7,9-10,13,16H,4-6,8,11-12H2,1-3H3. The molecule has 0 amide bonds.